The summed E-state index contributed by atoms with van der Waals surface area (Å²) in [5, 5.41) is 2.61. The van der Waals surface area contributed by atoms with Crippen molar-refractivity contribution in [3.05, 3.63) is 57.8 Å². The highest BCUT2D eigenvalue weighted by Gasteiger charge is 2.08. The van der Waals surface area contributed by atoms with Gasteiger partial charge in [-0.3, -0.25) is 4.79 Å². The molecule has 0 unspecified atom stereocenters. The van der Waals surface area contributed by atoms with Gasteiger partial charge in [0.05, 0.1) is 0 Å². The first-order valence-electron chi connectivity index (χ1n) is 5.58. The number of rotatable bonds is 2. The number of amides is 1. The lowest BCUT2D eigenvalue weighted by Crippen LogP contribution is -2.12. The Morgan fingerprint density at radius 1 is 1.21 bits per heavy atom. The smallest absolute Gasteiger partial charge is 0.255 e. The Kier molecular flexibility index (Phi) is 3.85. The summed E-state index contributed by atoms with van der Waals surface area (Å²) in [6.45, 7) is 1.89. The minimum atomic E-state index is -0.485. The summed E-state index contributed by atoms with van der Waals surface area (Å²) in [7, 11) is 0. The van der Waals surface area contributed by atoms with E-state index < -0.39 is 5.82 Å². The Balaban J connectivity index is 2.25. The van der Waals surface area contributed by atoms with Crippen LogP contribution in [-0.4, -0.2) is 5.91 Å². The molecule has 3 nitrogen and oxygen atoms in total. The van der Waals surface area contributed by atoms with Gasteiger partial charge < -0.3 is 11.1 Å². The third kappa shape index (κ3) is 3.54. The Labute approximate surface area is 118 Å². The van der Waals surface area contributed by atoms with E-state index in [0.29, 0.717) is 11.3 Å². The van der Waals surface area contributed by atoms with Gasteiger partial charge in [-0.15, -0.1) is 0 Å². The quantitative estimate of drug-likeness (QED) is 0.828. The molecule has 0 aliphatic heterocycles. The van der Waals surface area contributed by atoms with Crippen LogP contribution in [0.2, 0.25) is 0 Å². The first-order chi connectivity index (χ1) is 8.94. The predicted molar refractivity (Wildman–Crippen MR) is 77.6 cm³/mol. The number of nitrogens with one attached hydrogen (secondary N) is 1. The molecule has 0 aromatic heterocycles. The summed E-state index contributed by atoms with van der Waals surface area (Å²) < 4.78 is 14.0. The van der Waals surface area contributed by atoms with E-state index >= 15 is 0 Å². The van der Waals surface area contributed by atoms with Crippen LogP contribution in [0.25, 0.3) is 0 Å². The van der Waals surface area contributed by atoms with Crippen molar-refractivity contribution in [2.45, 2.75) is 6.92 Å². The van der Waals surface area contributed by atoms with Crippen LogP contribution >= 0.6 is 15.9 Å². The van der Waals surface area contributed by atoms with Crippen molar-refractivity contribution in [1.82, 2.24) is 0 Å². The molecule has 98 valence electrons. The second-order valence-electron chi connectivity index (χ2n) is 4.24. The van der Waals surface area contributed by atoms with Gasteiger partial charge in [0.15, 0.2) is 0 Å². The van der Waals surface area contributed by atoms with Crippen LogP contribution in [0.15, 0.2) is 40.9 Å². The van der Waals surface area contributed by atoms with Crippen molar-refractivity contribution >= 4 is 33.2 Å². The summed E-state index contributed by atoms with van der Waals surface area (Å²) in [6.07, 6.45) is 0. The summed E-state index contributed by atoms with van der Waals surface area (Å²) in [5.41, 5.74) is 7.57. The fourth-order valence-electron chi connectivity index (χ4n) is 1.76. The molecule has 19 heavy (non-hydrogen) atoms. The summed E-state index contributed by atoms with van der Waals surface area (Å²) in [6, 6.07) is 9.27. The molecule has 0 heterocycles. The van der Waals surface area contributed by atoms with Crippen LogP contribution in [0.4, 0.5) is 15.8 Å². The van der Waals surface area contributed by atoms with Gasteiger partial charge in [0.2, 0.25) is 0 Å². The van der Waals surface area contributed by atoms with E-state index in [2.05, 4.69) is 21.2 Å². The molecule has 0 aliphatic carbocycles. The predicted octanol–water partition coefficient (Wildman–Crippen LogP) is 3.73. The number of aryl methyl sites for hydroxylation is 1. The summed E-state index contributed by atoms with van der Waals surface area (Å²) >= 11 is 3.33. The van der Waals surface area contributed by atoms with Crippen LogP contribution in [-0.2, 0) is 0 Å². The van der Waals surface area contributed by atoms with Gasteiger partial charge in [0.25, 0.3) is 5.91 Å². The maximum atomic E-state index is 13.2. The second kappa shape index (κ2) is 5.40. The van der Waals surface area contributed by atoms with Gasteiger partial charge in [0, 0.05) is 21.4 Å². The number of hydrogen-bond acceptors (Lipinski definition) is 2. The van der Waals surface area contributed by atoms with Crippen molar-refractivity contribution in [2.75, 3.05) is 11.1 Å². The largest absolute Gasteiger partial charge is 0.399 e. The molecule has 1 amide bonds. The van der Waals surface area contributed by atoms with Crippen molar-refractivity contribution in [1.29, 1.82) is 0 Å². The average molecular weight is 323 g/mol. The molecule has 2 aromatic rings. The minimum absolute atomic E-state index is 0.265. The highest BCUT2D eigenvalue weighted by atomic mass is 79.9. The Morgan fingerprint density at radius 2 is 1.95 bits per heavy atom. The zero-order valence-corrected chi connectivity index (χ0v) is 11.8. The van der Waals surface area contributed by atoms with Crippen molar-refractivity contribution in [3.63, 3.8) is 0 Å². The third-order valence-corrected chi connectivity index (χ3v) is 2.94. The monoisotopic (exact) mass is 322 g/mol. The lowest BCUT2D eigenvalue weighted by molar-refractivity contribution is 0.102. The molecule has 0 saturated carbocycles. The van der Waals surface area contributed by atoms with Gasteiger partial charge in [-0.1, -0.05) is 15.9 Å². The maximum absolute atomic E-state index is 13.2. The fraction of sp³-hybridized carbons (Fsp3) is 0.0714. The number of carbonyl (C=O) groups excluding carboxylic acids is 1. The highest BCUT2D eigenvalue weighted by molar-refractivity contribution is 9.10. The first-order valence-corrected chi connectivity index (χ1v) is 6.38. The zero-order chi connectivity index (χ0) is 14.0. The number of hydrogen-bond donors (Lipinski definition) is 2. The topological polar surface area (TPSA) is 55.1 Å². The molecule has 0 fully saturated rings. The van der Waals surface area contributed by atoms with Gasteiger partial charge in [-0.25, -0.2) is 4.39 Å². The van der Waals surface area contributed by atoms with E-state index in [1.54, 1.807) is 12.1 Å². The van der Waals surface area contributed by atoms with E-state index in [1.807, 2.05) is 13.0 Å². The summed E-state index contributed by atoms with van der Waals surface area (Å²) in [4.78, 5) is 12.0. The van der Waals surface area contributed by atoms with Crippen LogP contribution < -0.4 is 11.1 Å². The number of carbonyl (C=O) groups is 1. The molecule has 0 atom stereocenters. The van der Waals surface area contributed by atoms with Crippen molar-refractivity contribution in [3.8, 4) is 0 Å². The normalized spacial score (nSPS) is 10.3. The van der Waals surface area contributed by atoms with Gasteiger partial charge in [-0.2, -0.15) is 0 Å². The Morgan fingerprint density at radius 3 is 2.58 bits per heavy atom. The molecule has 0 bridgehead atoms. The van der Waals surface area contributed by atoms with E-state index in [1.165, 1.54) is 18.2 Å². The molecule has 0 spiro atoms. The van der Waals surface area contributed by atoms with E-state index in [4.69, 9.17) is 5.73 Å². The molecule has 0 saturated heterocycles. The van der Waals surface area contributed by atoms with Gasteiger partial charge in [-0.05, 0) is 48.9 Å². The zero-order valence-electron chi connectivity index (χ0n) is 10.2. The van der Waals surface area contributed by atoms with E-state index in [-0.39, 0.29) is 11.6 Å². The molecular formula is C14H12BrFN2O. The summed E-state index contributed by atoms with van der Waals surface area (Å²) in [5.74, 6) is -0.796. The lowest BCUT2D eigenvalue weighted by atomic mass is 10.1. The van der Waals surface area contributed by atoms with Gasteiger partial charge >= 0.3 is 0 Å². The standard InChI is InChI=1S/C14H12BrFN2O/c1-8-2-9(4-10(15)3-8)14(19)18-13-6-11(16)5-12(17)7-13/h2-7H,17H2,1H3,(H,18,19). The van der Waals surface area contributed by atoms with Crippen LogP contribution in [0.3, 0.4) is 0 Å². The SMILES string of the molecule is Cc1cc(Br)cc(C(=O)Nc2cc(N)cc(F)c2)c1. The maximum Gasteiger partial charge on any atom is 0.255 e. The van der Waals surface area contributed by atoms with Crippen LogP contribution in [0.5, 0.6) is 0 Å². The molecule has 0 radical (unpaired) electrons. The third-order valence-electron chi connectivity index (χ3n) is 2.48. The molecule has 2 aromatic carbocycles. The number of anilines is 2. The molecule has 2 rings (SSSR count). The molecular weight excluding hydrogens is 311 g/mol. The Bertz CT molecular complexity index is 603. The molecule has 3 N–H and O–H groups in total. The van der Waals surface area contributed by atoms with Gasteiger partial charge in [0.1, 0.15) is 5.82 Å². The number of benzene rings is 2. The highest BCUT2D eigenvalue weighted by Crippen LogP contribution is 2.19. The average Bonchev–Trinajstić information content (AvgIpc) is 2.25. The van der Waals surface area contributed by atoms with Crippen LogP contribution in [0, 0.1) is 12.7 Å². The van der Waals surface area contributed by atoms with E-state index in [9.17, 15) is 9.18 Å². The number of halogens is 2. The fourth-order valence-corrected chi connectivity index (χ4v) is 2.36. The first kappa shape index (κ1) is 13.5. The van der Waals surface area contributed by atoms with Crippen molar-refractivity contribution in [2.24, 2.45) is 0 Å². The van der Waals surface area contributed by atoms with Crippen LogP contribution in [0.1, 0.15) is 15.9 Å². The second-order valence-corrected chi connectivity index (χ2v) is 5.16. The number of nitrogens with two attached hydrogens (primary N) is 1. The van der Waals surface area contributed by atoms with Crippen molar-refractivity contribution < 1.29 is 9.18 Å². The minimum Gasteiger partial charge on any atom is -0.399 e. The molecule has 0 aliphatic rings. The number of nitrogen functional groups attached to an aromatic ring is 1. The Hall–Kier alpha value is -1.88. The lowest BCUT2D eigenvalue weighted by Gasteiger charge is -2.07. The molecule has 5 heteroatoms. The van der Waals surface area contributed by atoms with E-state index in [0.717, 1.165) is 10.0 Å².